The zero-order valence-electron chi connectivity index (χ0n) is 12.5. The van der Waals surface area contributed by atoms with Gasteiger partial charge in [-0.3, -0.25) is 9.10 Å². The van der Waals surface area contributed by atoms with Crippen molar-refractivity contribution in [2.24, 2.45) is 0 Å². The lowest BCUT2D eigenvalue weighted by molar-refractivity contribution is 0.102. The van der Waals surface area contributed by atoms with Crippen LogP contribution < -0.4 is 9.62 Å². The lowest BCUT2D eigenvalue weighted by Gasteiger charge is -2.18. The van der Waals surface area contributed by atoms with Crippen LogP contribution in [0, 0.1) is 0 Å². The van der Waals surface area contributed by atoms with E-state index in [0.29, 0.717) is 39.9 Å². The van der Waals surface area contributed by atoms with Gasteiger partial charge in [-0.15, -0.1) is 0 Å². The van der Waals surface area contributed by atoms with Crippen LogP contribution in [0.5, 0.6) is 0 Å². The smallest absolute Gasteiger partial charge is 0.255 e. The summed E-state index contributed by atoms with van der Waals surface area (Å²) < 4.78 is 25.4. The molecule has 1 fully saturated rings. The molecule has 2 aromatic carbocycles. The molecular formula is C16H14Cl2N2O3S. The summed E-state index contributed by atoms with van der Waals surface area (Å²) in [6, 6.07) is 11.3. The summed E-state index contributed by atoms with van der Waals surface area (Å²) in [4.78, 5) is 12.3. The van der Waals surface area contributed by atoms with Crippen molar-refractivity contribution in [1.82, 2.24) is 0 Å². The van der Waals surface area contributed by atoms with Gasteiger partial charge in [0.15, 0.2) is 0 Å². The van der Waals surface area contributed by atoms with Gasteiger partial charge in [-0.2, -0.15) is 0 Å². The van der Waals surface area contributed by atoms with E-state index >= 15 is 0 Å². The number of halogens is 2. The maximum Gasteiger partial charge on any atom is 0.255 e. The van der Waals surface area contributed by atoms with Gasteiger partial charge >= 0.3 is 0 Å². The minimum Gasteiger partial charge on any atom is -0.321 e. The minimum absolute atomic E-state index is 0.125. The standard InChI is InChI=1S/C16H14Cl2N2O3S/c17-12-4-1-3-11(9-12)16(21)19-15-10-13(5-6-14(15)18)20-7-2-8-24(20,22)23/h1,3-6,9-10H,2,7-8H2,(H,19,21). The van der Waals surface area contributed by atoms with E-state index in [1.807, 2.05) is 0 Å². The summed E-state index contributed by atoms with van der Waals surface area (Å²) in [5, 5.41) is 3.47. The summed E-state index contributed by atoms with van der Waals surface area (Å²) in [7, 11) is -3.30. The molecule has 8 heteroatoms. The highest BCUT2D eigenvalue weighted by atomic mass is 35.5. The average Bonchev–Trinajstić information content (AvgIpc) is 2.89. The van der Waals surface area contributed by atoms with Gasteiger partial charge in [0.2, 0.25) is 10.0 Å². The fourth-order valence-electron chi connectivity index (χ4n) is 2.52. The van der Waals surface area contributed by atoms with E-state index in [0.717, 1.165) is 0 Å². The molecule has 0 radical (unpaired) electrons. The molecule has 1 aliphatic heterocycles. The number of amides is 1. The monoisotopic (exact) mass is 384 g/mol. The number of nitrogens with one attached hydrogen (secondary N) is 1. The minimum atomic E-state index is -3.30. The van der Waals surface area contributed by atoms with Crippen LogP contribution >= 0.6 is 23.2 Å². The predicted molar refractivity (Wildman–Crippen MR) is 96.6 cm³/mol. The van der Waals surface area contributed by atoms with Gasteiger partial charge in [0, 0.05) is 17.1 Å². The van der Waals surface area contributed by atoms with Crippen LogP contribution in [-0.2, 0) is 10.0 Å². The number of rotatable bonds is 3. The highest BCUT2D eigenvalue weighted by molar-refractivity contribution is 7.93. The lowest BCUT2D eigenvalue weighted by atomic mass is 10.2. The summed E-state index contributed by atoms with van der Waals surface area (Å²) in [5.41, 5.74) is 1.22. The van der Waals surface area contributed by atoms with E-state index in [1.54, 1.807) is 42.5 Å². The summed E-state index contributed by atoms with van der Waals surface area (Å²) in [5.74, 6) is -0.249. The summed E-state index contributed by atoms with van der Waals surface area (Å²) in [6.45, 7) is 0.422. The van der Waals surface area contributed by atoms with Crippen molar-refractivity contribution in [2.45, 2.75) is 6.42 Å². The first-order chi connectivity index (χ1) is 11.4. The zero-order chi connectivity index (χ0) is 17.3. The Morgan fingerprint density at radius 2 is 1.92 bits per heavy atom. The number of nitrogens with zero attached hydrogens (tertiary/aromatic N) is 1. The molecule has 1 N–H and O–H groups in total. The van der Waals surface area contributed by atoms with E-state index in [2.05, 4.69) is 5.32 Å². The fourth-order valence-corrected chi connectivity index (χ4v) is 4.43. The second kappa shape index (κ2) is 6.63. The molecule has 0 atom stereocenters. The van der Waals surface area contributed by atoms with Crippen molar-refractivity contribution in [1.29, 1.82) is 0 Å². The summed E-state index contributed by atoms with van der Waals surface area (Å²) >= 11 is 12.0. The molecule has 126 valence electrons. The second-order valence-electron chi connectivity index (χ2n) is 5.37. The summed E-state index contributed by atoms with van der Waals surface area (Å²) in [6.07, 6.45) is 0.579. The van der Waals surface area contributed by atoms with Crippen molar-refractivity contribution in [3.8, 4) is 0 Å². The molecule has 0 spiro atoms. The van der Waals surface area contributed by atoms with E-state index in [1.165, 1.54) is 4.31 Å². The van der Waals surface area contributed by atoms with E-state index in [-0.39, 0.29) is 11.7 Å². The Bertz CT molecular complexity index is 900. The third-order valence-electron chi connectivity index (χ3n) is 3.67. The molecule has 1 amide bonds. The average molecular weight is 385 g/mol. The molecule has 1 aliphatic rings. The molecule has 5 nitrogen and oxygen atoms in total. The Hall–Kier alpha value is -1.76. The SMILES string of the molecule is O=C(Nc1cc(N2CCCS2(=O)=O)ccc1Cl)c1cccc(Cl)c1. The van der Waals surface area contributed by atoms with Gasteiger partial charge in [0.1, 0.15) is 0 Å². The molecule has 0 aromatic heterocycles. The first kappa shape index (κ1) is 17.1. The topological polar surface area (TPSA) is 66.5 Å². The quantitative estimate of drug-likeness (QED) is 0.875. The van der Waals surface area contributed by atoms with Crippen molar-refractivity contribution in [2.75, 3.05) is 21.9 Å². The molecule has 0 saturated carbocycles. The van der Waals surface area contributed by atoms with Crippen molar-refractivity contribution in [3.05, 3.63) is 58.1 Å². The first-order valence-electron chi connectivity index (χ1n) is 7.24. The molecule has 1 saturated heterocycles. The largest absolute Gasteiger partial charge is 0.321 e. The number of sulfonamides is 1. The Kier molecular flexibility index (Phi) is 4.71. The molecular weight excluding hydrogens is 371 g/mol. The van der Waals surface area contributed by atoms with E-state index in [9.17, 15) is 13.2 Å². The number of benzene rings is 2. The van der Waals surface area contributed by atoms with Gasteiger partial charge in [-0.05, 0) is 42.8 Å². The van der Waals surface area contributed by atoms with Gasteiger partial charge in [-0.25, -0.2) is 8.42 Å². The van der Waals surface area contributed by atoms with Crippen LogP contribution in [0.15, 0.2) is 42.5 Å². The predicted octanol–water partition coefficient (Wildman–Crippen LogP) is 3.79. The third kappa shape index (κ3) is 3.50. The second-order valence-corrected chi connectivity index (χ2v) is 8.23. The molecule has 2 aromatic rings. The number of carbonyl (C=O) groups is 1. The lowest BCUT2D eigenvalue weighted by Crippen LogP contribution is -2.25. The molecule has 0 unspecified atom stereocenters. The Morgan fingerprint density at radius 3 is 2.58 bits per heavy atom. The highest BCUT2D eigenvalue weighted by Gasteiger charge is 2.28. The van der Waals surface area contributed by atoms with Gasteiger partial charge in [-0.1, -0.05) is 29.3 Å². The number of hydrogen-bond acceptors (Lipinski definition) is 3. The maximum atomic E-state index is 12.3. The van der Waals surface area contributed by atoms with Crippen LogP contribution in [-0.4, -0.2) is 26.6 Å². The number of carbonyl (C=O) groups excluding carboxylic acids is 1. The molecule has 3 rings (SSSR count). The third-order valence-corrected chi connectivity index (χ3v) is 6.11. The molecule has 0 aliphatic carbocycles. The van der Waals surface area contributed by atoms with Crippen LogP contribution in [0.25, 0.3) is 0 Å². The van der Waals surface area contributed by atoms with Crippen molar-refractivity contribution in [3.63, 3.8) is 0 Å². The number of anilines is 2. The Morgan fingerprint density at radius 1 is 1.12 bits per heavy atom. The van der Waals surface area contributed by atoms with Gasteiger partial charge in [0.05, 0.1) is 22.2 Å². The van der Waals surface area contributed by atoms with Gasteiger partial charge in [0.25, 0.3) is 5.91 Å². The van der Waals surface area contributed by atoms with E-state index < -0.39 is 10.0 Å². The Balaban J connectivity index is 1.88. The van der Waals surface area contributed by atoms with E-state index in [4.69, 9.17) is 23.2 Å². The normalized spacial score (nSPS) is 16.2. The van der Waals surface area contributed by atoms with Crippen molar-refractivity contribution >= 4 is 50.5 Å². The van der Waals surface area contributed by atoms with Crippen LogP contribution in [0.1, 0.15) is 16.8 Å². The maximum absolute atomic E-state index is 12.3. The number of hydrogen-bond donors (Lipinski definition) is 1. The fraction of sp³-hybridized carbons (Fsp3) is 0.188. The molecule has 1 heterocycles. The first-order valence-corrected chi connectivity index (χ1v) is 9.60. The van der Waals surface area contributed by atoms with Crippen LogP contribution in [0.4, 0.5) is 11.4 Å². The molecule has 24 heavy (non-hydrogen) atoms. The Labute approximate surface area is 150 Å². The molecule has 0 bridgehead atoms. The van der Waals surface area contributed by atoms with Gasteiger partial charge < -0.3 is 5.32 Å². The highest BCUT2D eigenvalue weighted by Crippen LogP contribution is 2.31. The van der Waals surface area contributed by atoms with Crippen molar-refractivity contribution < 1.29 is 13.2 Å². The van der Waals surface area contributed by atoms with Crippen LogP contribution in [0.3, 0.4) is 0 Å². The van der Waals surface area contributed by atoms with Crippen LogP contribution in [0.2, 0.25) is 10.0 Å². The zero-order valence-corrected chi connectivity index (χ0v) is 14.8.